The third-order valence-electron chi connectivity index (χ3n) is 3.70. The Balaban J connectivity index is 1.78. The minimum absolute atomic E-state index is 0.117. The van der Waals surface area contributed by atoms with Crippen LogP contribution in [0.2, 0.25) is 0 Å². The van der Waals surface area contributed by atoms with Crippen LogP contribution in [0.25, 0.3) is 5.69 Å². The van der Waals surface area contributed by atoms with Crippen LogP contribution in [0.15, 0.2) is 36.5 Å². The van der Waals surface area contributed by atoms with Crippen LogP contribution in [0.4, 0.5) is 4.39 Å². The zero-order chi connectivity index (χ0) is 16.4. The van der Waals surface area contributed by atoms with Crippen LogP contribution in [0, 0.1) is 5.82 Å². The van der Waals surface area contributed by atoms with E-state index in [-0.39, 0.29) is 11.5 Å². The van der Waals surface area contributed by atoms with Crippen LogP contribution < -0.4 is 5.32 Å². The number of carbonyl (C=O) groups is 2. The van der Waals surface area contributed by atoms with Crippen LogP contribution in [-0.4, -0.2) is 43.8 Å². The third-order valence-corrected chi connectivity index (χ3v) is 4.89. The molecule has 1 fully saturated rings. The highest BCUT2D eigenvalue weighted by atomic mass is 32.2. The fourth-order valence-corrected chi connectivity index (χ4v) is 3.68. The fourth-order valence-electron chi connectivity index (χ4n) is 2.35. The molecule has 2 heterocycles. The lowest BCUT2D eigenvalue weighted by molar-refractivity contribution is -0.143. The van der Waals surface area contributed by atoms with E-state index >= 15 is 0 Å². The van der Waals surface area contributed by atoms with Crippen LogP contribution in [0.3, 0.4) is 0 Å². The highest BCUT2D eigenvalue weighted by molar-refractivity contribution is 7.99. The number of nitrogens with one attached hydrogen (secondary N) is 1. The van der Waals surface area contributed by atoms with Gasteiger partial charge in [0.15, 0.2) is 5.69 Å². The first-order valence-electron chi connectivity index (χ1n) is 6.95. The Morgan fingerprint density at radius 1 is 1.30 bits per heavy atom. The van der Waals surface area contributed by atoms with Gasteiger partial charge >= 0.3 is 5.97 Å². The lowest BCUT2D eigenvalue weighted by Gasteiger charge is -2.23. The van der Waals surface area contributed by atoms with Gasteiger partial charge in [0.2, 0.25) is 0 Å². The maximum atomic E-state index is 12.9. The van der Waals surface area contributed by atoms with Gasteiger partial charge in [-0.25, -0.2) is 13.9 Å². The number of hydrogen-bond acceptors (Lipinski definition) is 4. The summed E-state index contributed by atoms with van der Waals surface area (Å²) in [4.78, 5) is 23.7. The number of nitrogens with zero attached hydrogens (tertiary/aromatic N) is 2. The van der Waals surface area contributed by atoms with Crippen molar-refractivity contribution in [2.24, 2.45) is 0 Å². The Bertz CT molecular complexity index is 739. The normalized spacial score (nSPS) is 20.4. The molecule has 1 saturated heterocycles. The minimum atomic E-state index is -1.23. The summed E-state index contributed by atoms with van der Waals surface area (Å²) in [6.07, 6.45) is 1.95. The highest BCUT2D eigenvalue weighted by Gasteiger charge is 2.43. The monoisotopic (exact) mass is 335 g/mol. The van der Waals surface area contributed by atoms with Gasteiger partial charge in [-0.1, -0.05) is 0 Å². The molecule has 23 heavy (non-hydrogen) atoms. The van der Waals surface area contributed by atoms with E-state index in [4.69, 9.17) is 0 Å². The van der Waals surface area contributed by atoms with Crippen LogP contribution in [0.5, 0.6) is 0 Å². The molecule has 1 atom stereocenters. The number of carboxylic acids is 1. The number of halogens is 1. The average Bonchev–Trinajstić information content (AvgIpc) is 3.17. The van der Waals surface area contributed by atoms with Crippen LogP contribution in [-0.2, 0) is 4.79 Å². The molecule has 6 nitrogen and oxygen atoms in total. The summed E-state index contributed by atoms with van der Waals surface area (Å²) in [7, 11) is 0. The molecule has 8 heteroatoms. The fraction of sp³-hybridized carbons (Fsp3) is 0.267. The summed E-state index contributed by atoms with van der Waals surface area (Å²) >= 11 is 1.49. The Morgan fingerprint density at radius 2 is 2.04 bits per heavy atom. The number of thioether (sulfide) groups is 1. The number of aromatic nitrogens is 2. The van der Waals surface area contributed by atoms with Gasteiger partial charge in [-0.3, -0.25) is 4.79 Å². The number of aliphatic carboxylic acids is 1. The quantitative estimate of drug-likeness (QED) is 0.888. The standard InChI is InChI=1S/C15H14FN3O3S/c16-10-1-3-11(4-2-10)19-7-5-12(18-19)13(20)17-15(14(21)22)6-8-23-9-15/h1-5,7H,6,8-9H2,(H,17,20)(H,21,22). The molecule has 2 N–H and O–H groups in total. The second kappa shape index (κ2) is 6.04. The van der Waals surface area contributed by atoms with Gasteiger partial charge in [0.1, 0.15) is 11.4 Å². The average molecular weight is 335 g/mol. The smallest absolute Gasteiger partial charge is 0.330 e. The molecule has 1 aromatic heterocycles. The van der Waals surface area contributed by atoms with Crippen molar-refractivity contribution in [1.29, 1.82) is 0 Å². The van der Waals surface area contributed by atoms with Crippen molar-refractivity contribution in [3.63, 3.8) is 0 Å². The van der Waals surface area contributed by atoms with Crippen LogP contribution >= 0.6 is 11.8 Å². The van der Waals surface area contributed by atoms with Crippen molar-refractivity contribution in [3.8, 4) is 5.69 Å². The molecule has 0 saturated carbocycles. The van der Waals surface area contributed by atoms with Crippen molar-refractivity contribution in [1.82, 2.24) is 15.1 Å². The predicted octanol–water partition coefficient (Wildman–Crippen LogP) is 1.70. The molecule has 0 bridgehead atoms. The molecule has 0 spiro atoms. The summed E-state index contributed by atoms with van der Waals surface area (Å²) in [5, 5.41) is 16.1. The topological polar surface area (TPSA) is 84.2 Å². The van der Waals surface area contributed by atoms with Crippen molar-refractivity contribution in [3.05, 3.63) is 48.0 Å². The summed E-state index contributed by atoms with van der Waals surface area (Å²) < 4.78 is 14.4. The van der Waals surface area contributed by atoms with E-state index in [9.17, 15) is 19.1 Å². The van der Waals surface area contributed by atoms with Crippen molar-refractivity contribution >= 4 is 23.6 Å². The molecule has 1 amide bonds. The number of amides is 1. The Morgan fingerprint density at radius 3 is 2.65 bits per heavy atom. The second-order valence-corrected chi connectivity index (χ2v) is 6.37. The summed E-state index contributed by atoms with van der Waals surface area (Å²) in [5.41, 5.74) is -0.511. The molecule has 1 aliphatic rings. The van der Waals surface area contributed by atoms with Gasteiger partial charge in [-0.2, -0.15) is 16.9 Å². The zero-order valence-electron chi connectivity index (χ0n) is 12.0. The SMILES string of the molecule is O=C(NC1(C(=O)O)CCSC1)c1ccn(-c2ccc(F)cc2)n1. The van der Waals surface area contributed by atoms with E-state index in [1.807, 2.05) is 0 Å². The first-order chi connectivity index (χ1) is 11.0. The lowest BCUT2D eigenvalue weighted by Crippen LogP contribution is -2.54. The summed E-state index contributed by atoms with van der Waals surface area (Å²) in [6, 6.07) is 7.17. The Labute approximate surface area is 135 Å². The number of carbonyl (C=O) groups excluding carboxylic acids is 1. The first kappa shape index (κ1) is 15.5. The molecule has 3 rings (SSSR count). The Hall–Kier alpha value is -2.35. The van der Waals surface area contributed by atoms with Gasteiger partial charge in [0, 0.05) is 11.9 Å². The Kier molecular flexibility index (Phi) is 4.08. The molecule has 0 radical (unpaired) electrons. The molecule has 0 aliphatic carbocycles. The molecule has 120 valence electrons. The van der Waals surface area contributed by atoms with E-state index < -0.39 is 17.4 Å². The van der Waals surface area contributed by atoms with E-state index in [0.717, 1.165) is 0 Å². The summed E-state index contributed by atoms with van der Waals surface area (Å²) in [6.45, 7) is 0. The van der Waals surface area contributed by atoms with Gasteiger partial charge < -0.3 is 10.4 Å². The van der Waals surface area contributed by atoms with Gasteiger partial charge in [0.05, 0.1) is 5.69 Å². The molecular formula is C15H14FN3O3S. The number of rotatable bonds is 4. The largest absolute Gasteiger partial charge is 0.479 e. The van der Waals surface area contributed by atoms with Crippen LogP contribution in [0.1, 0.15) is 16.9 Å². The van der Waals surface area contributed by atoms with Gasteiger partial charge in [-0.15, -0.1) is 0 Å². The highest BCUT2D eigenvalue weighted by Crippen LogP contribution is 2.28. The van der Waals surface area contributed by atoms with Crippen molar-refractivity contribution < 1.29 is 19.1 Å². The molecule has 1 aromatic carbocycles. The van der Waals surface area contributed by atoms with E-state index in [1.54, 1.807) is 6.20 Å². The number of carboxylic acid groups (broad SMARTS) is 1. The van der Waals surface area contributed by atoms with Crippen molar-refractivity contribution in [2.75, 3.05) is 11.5 Å². The van der Waals surface area contributed by atoms with E-state index in [1.165, 1.54) is 46.8 Å². The zero-order valence-corrected chi connectivity index (χ0v) is 12.8. The lowest BCUT2D eigenvalue weighted by atomic mass is 9.99. The van der Waals surface area contributed by atoms with E-state index in [0.29, 0.717) is 23.6 Å². The minimum Gasteiger partial charge on any atom is -0.479 e. The molecule has 2 aromatic rings. The number of benzene rings is 1. The molecular weight excluding hydrogens is 321 g/mol. The summed E-state index contributed by atoms with van der Waals surface area (Å²) in [5.74, 6) is -0.894. The predicted molar refractivity (Wildman–Crippen MR) is 83.3 cm³/mol. The third kappa shape index (κ3) is 3.07. The number of hydrogen-bond donors (Lipinski definition) is 2. The maximum Gasteiger partial charge on any atom is 0.330 e. The molecule has 1 aliphatic heterocycles. The molecule has 1 unspecified atom stereocenters. The second-order valence-electron chi connectivity index (χ2n) is 5.27. The van der Waals surface area contributed by atoms with Gasteiger partial charge in [0.25, 0.3) is 5.91 Å². The van der Waals surface area contributed by atoms with Gasteiger partial charge in [-0.05, 0) is 42.5 Å². The van der Waals surface area contributed by atoms with E-state index in [2.05, 4.69) is 10.4 Å². The van der Waals surface area contributed by atoms with Crippen molar-refractivity contribution in [2.45, 2.75) is 12.0 Å². The maximum absolute atomic E-state index is 12.9. The first-order valence-corrected chi connectivity index (χ1v) is 8.11.